The lowest BCUT2D eigenvalue weighted by molar-refractivity contribution is -0.121. The molecule has 30 heavy (non-hydrogen) atoms. The normalized spacial score (nSPS) is 14.9. The van der Waals surface area contributed by atoms with Crippen LogP contribution in [0.15, 0.2) is 33.9 Å². The van der Waals surface area contributed by atoms with Gasteiger partial charge in [0, 0.05) is 52.3 Å². The van der Waals surface area contributed by atoms with Gasteiger partial charge >= 0.3 is 0 Å². The van der Waals surface area contributed by atoms with E-state index in [2.05, 4.69) is 37.6 Å². The Balaban J connectivity index is 0.00000320. The Morgan fingerprint density at radius 3 is 2.80 bits per heavy atom. The minimum absolute atomic E-state index is 0. The topological polar surface area (TPSA) is 109 Å². The maximum absolute atomic E-state index is 11.6. The Kier molecular flexibility index (Phi) is 9.98. The van der Waals surface area contributed by atoms with E-state index in [0.29, 0.717) is 42.7 Å². The fraction of sp³-hybridized carbons (Fsp3) is 0.550. The smallest absolute Gasteiger partial charge is 0.276 e. The van der Waals surface area contributed by atoms with Crippen molar-refractivity contribution in [3.8, 4) is 11.6 Å². The third-order valence-electron chi connectivity index (χ3n) is 4.95. The van der Waals surface area contributed by atoms with Crippen molar-refractivity contribution >= 4 is 35.8 Å². The van der Waals surface area contributed by atoms with Gasteiger partial charge in [0.1, 0.15) is 5.69 Å². The molecule has 164 valence electrons. The Bertz CT molecular complexity index is 804. The van der Waals surface area contributed by atoms with Gasteiger partial charge in [-0.05, 0) is 37.8 Å². The van der Waals surface area contributed by atoms with Crippen molar-refractivity contribution < 1.29 is 9.32 Å². The molecule has 1 aliphatic rings. The van der Waals surface area contributed by atoms with Gasteiger partial charge in [-0.1, -0.05) is 11.2 Å². The number of carbonyl (C=O) groups excluding carboxylic acids is 1. The fourth-order valence-corrected chi connectivity index (χ4v) is 3.35. The van der Waals surface area contributed by atoms with E-state index in [1.807, 2.05) is 18.2 Å². The van der Waals surface area contributed by atoms with Crippen molar-refractivity contribution in [1.82, 2.24) is 30.7 Å². The fourth-order valence-electron chi connectivity index (χ4n) is 3.35. The highest BCUT2D eigenvalue weighted by atomic mass is 127. The zero-order valence-electron chi connectivity index (χ0n) is 17.5. The Morgan fingerprint density at radius 1 is 1.33 bits per heavy atom. The molecule has 0 saturated carbocycles. The number of aliphatic imine (C=N–C) groups is 1. The Hall–Kier alpha value is -2.24. The molecule has 1 amide bonds. The molecule has 1 aliphatic heterocycles. The van der Waals surface area contributed by atoms with Crippen molar-refractivity contribution in [2.24, 2.45) is 10.9 Å². The second-order valence-electron chi connectivity index (χ2n) is 7.02. The maximum Gasteiger partial charge on any atom is 0.276 e. The molecule has 0 spiro atoms. The van der Waals surface area contributed by atoms with Gasteiger partial charge in [0.25, 0.3) is 5.89 Å². The predicted octanol–water partition coefficient (Wildman–Crippen LogP) is 2.11. The number of pyridine rings is 1. The molecule has 2 aromatic heterocycles. The van der Waals surface area contributed by atoms with Gasteiger partial charge in [0.05, 0.1) is 0 Å². The molecular formula is C20H30IN7O2. The summed E-state index contributed by atoms with van der Waals surface area (Å²) >= 11 is 0. The highest BCUT2D eigenvalue weighted by Crippen LogP contribution is 2.20. The molecule has 2 aromatic rings. The lowest BCUT2D eigenvalue weighted by Gasteiger charge is -2.34. The van der Waals surface area contributed by atoms with Crippen LogP contribution in [-0.2, 0) is 11.2 Å². The van der Waals surface area contributed by atoms with Gasteiger partial charge in [0.15, 0.2) is 11.8 Å². The maximum atomic E-state index is 11.6. The van der Waals surface area contributed by atoms with Crippen molar-refractivity contribution in [3.63, 3.8) is 0 Å². The summed E-state index contributed by atoms with van der Waals surface area (Å²) in [4.78, 5) is 27.2. The van der Waals surface area contributed by atoms with Crippen molar-refractivity contribution in [2.45, 2.75) is 32.6 Å². The molecule has 10 heteroatoms. The van der Waals surface area contributed by atoms with Crippen molar-refractivity contribution in [3.05, 3.63) is 30.2 Å². The molecule has 2 N–H and O–H groups in total. The van der Waals surface area contributed by atoms with Gasteiger partial charge < -0.3 is 20.1 Å². The second kappa shape index (κ2) is 12.5. The van der Waals surface area contributed by atoms with E-state index in [-0.39, 0.29) is 29.9 Å². The molecule has 0 unspecified atom stereocenters. The molecule has 0 radical (unpaired) electrons. The van der Waals surface area contributed by atoms with E-state index in [0.717, 1.165) is 38.4 Å². The number of piperidine rings is 1. The summed E-state index contributed by atoms with van der Waals surface area (Å²) in [5.74, 6) is 2.51. The van der Waals surface area contributed by atoms with Gasteiger partial charge in [-0.3, -0.25) is 14.8 Å². The molecule has 0 aliphatic carbocycles. The number of halogens is 1. The molecular weight excluding hydrogens is 497 g/mol. The van der Waals surface area contributed by atoms with Crippen LogP contribution in [0.2, 0.25) is 0 Å². The number of rotatable bonds is 7. The van der Waals surface area contributed by atoms with Crippen LogP contribution in [0.5, 0.6) is 0 Å². The van der Waals surface area contributed by atoms with Crippen LogP contribution in [0.25, 0.3) is 11.6 Å². The molecule has 1 saturated heterocycles. The van der Waals surface area contributed by atoms with E-state index >= 15 is 0 Å². The molecule has 3 heterocycles. The minimum atomic E-state index is 0. The predicted molar refractivity (Wildman–Crippen MR) is 126 cm³/mol. The van der Waals surface area contributed by atoms with Crippen LogP contribution >= 0.6 is 24.0 Å². The number of amides is 1. The summed E-state index contributed by atoms with van der Waals surface area (Å²) in [5, 5.41) is 10.1. The van der Waals surface area contributed by atoms with E-state index in [1.54, 1.807) is 13.2 Å². The molecule has 0 atom stereocenters. The number of nitrogens with one attached hydrogen (secondary N) is 2. The summed E-state index contributed by atoms with van der Waals surface area (Å²) in [7, 11) is 1.69. The zero-order chi connectivity index (χ0) is 20.5. The third-order valence-corrected chi connectivity index (χ3v) is 4.95. The molecule has 1 fully saturated rings. The van der Waals surface area contributed by atoms with Gasteiger partial charge in [-0.2, -0.15) is 4.98 Å². The van der Waals surface area contributed by atoms with Crippen LogP contribution in [-0.4, -0.2) is 65.1 Å². The monoisotopic (exact) mass is 527 g/mol. The SMILES string of the molecule is CCNC(=NCCc1noc(-c2ccccn2)n1)N1CCC(CC(=O)NC)CC1.I. The first kappa shape index (κ1) is 24.0. The van der Waals surface area contributed by atoms with Crippen molar-refractivity contribution in [1.29, 1.82) is 0 Å². The van der Waals surface area contributed by atoms with E-state index in [1.165, 1.54) is 0 Å². The van der Waals surface area contributed by atoms with Crippen LogP contribution < -0.4 is 10.6 Å². The number of hydrogen-bond donors (Lipinski definition) is 2. The number of nitrogens with zero attached hydrogens (tertiary/aromatic N) is 5. The number of carbonyl (C=O) groups is 1. The third kappa shape index (κ3) is 6.92. The van der Waals surface area contributed by atoms with E-state index in [4.69, 9.17) is 9.52 Å². The summed E-state index contributed by atoms with van der Waals surface area (Å²) in [6, 6.07) is 5.57. The lowest BCUT2D eigenvalue weighted by Crippen LogP contribution is -2.46. The Labute approximate surface area is 194 Å². The quantitative estimate of drug-likeness (QED) is 0.323. The number of aromatic nitrogens is 3. The first-order chi connectivity index (χ1) is 14.2. The molecule has 3 rings (SSSR count). The van der Waals surface area contributed by atoms with E-state index < -0.39 is 0 Å². The van der Waals surface area contributed by atoms with Gasteiger partial charge in [0.2, 0.25) is 5.91 Å². The largest absolute Gasteiger partial charge is 0.359 e. The number of hydrogen-bond acceptors (Lipinski definition) is 6. The lowest BCUT2D eigenvalue weighted by atomic mass is 9.93. The van der Waals surface area contributed by atoms with E-state index in [9.17, 15) is 4.79 Å². The summed E-state index contributed by atoms with van der Waals surface area (Å²) in [5.41, 5.74) is 0.669. The highest BCUT2D eigenvalue weighted by Gasteiger charge is 2.23. The van der Waals surface area contributed by atoms with Crippen LogP contribution in [0, 0.1) is 5.92 Å². The minimum Gasteiger partial charge on any atom is -0.359 e. The number of guanidine groups is 1. The average Bonchev–Trinajstić information content (AvgIpc) is 3.23. The average molecular weight is 527 g/mol. The summed E-state index contributed by atoms with van der Waals surface area (Å²) in [6.07, 6.45) is 4.89. The number of likely N-dealkylation sites (tertiary alicyclic amines) is 1. The second-order valence-corrected chi connectivity index (χ2v) is 7.02. The first-order valence-electron chi connectivity index (χ1n) is 10.2. The van der Waals surface area contributed by atoms with Gasteiger partial charge in [-0.15, -0.1) is 24.0 Å². The molecule has 9 nitrogen and oxygen atoms in total. The molecule has 0 bridgehead atoms. The van der Waals surface area contributed by atoms with Crippen LogP contribution in [0.3, 0.4) is 0 Å². The zero-order valence-corrected chi connectivity index (χ0v) is 19.8. The van der Waals surface area contributed by atoms with Gasteiger partial charge in [-0.25, -0.2) is 0 Å². The van der Waals surface area contributed by atoms with Crippen LogP contribution in [0.4, 0.5) is 0 Å². The van der Waals surface area contributed by atoms with Crippen LogP contribution in [0.1, 0.15) is 32.0 Å². The highest BCUT2D eigenvalue weighted by molar-refractivity contribution is 14.0. The Morgan fingerprint density at radius 2 is 2.13 bits per heavy atom. The van der Waals surface area contributed by atoms with Crippen molar-refractivity contribution in [2.75, 3.05) is 33.2 Å². The summed E-state index contributed by atoms with van der Waals surface area (Å²) < 4.78 is 5.29. The molecule has 0 aromatic carbocycles. The first-order valence-corrected chi connectivity index (χ1v) is 10.2. The summed E-state index contributed by atoms with van der Waals surface area (Å²) in [6.45, 7) is 5.25. The standard InChI is InChI=1S/C20H29N7O2.HI/c1-3-22-20(27-12-8-15(9-13-27)14-18(28)21-2)24-11-7-17-25-19(29-26-17)16-6-4-5-10-23-16;/h4-6,10,15H,3,7-9,11-14H2,1-2H3,(H,21,28)(H,22,24);1H.